The smallest absolute Gasteiger partial charge is 0.184 e. The van der Waals surface area contributed by atoms with Gasteiger partial charge in [-0.15, -0.1) is 0 Å². The largest absolute Gasteiger partial charge is 0.375 e. The Morgan fingerprint density at radius 2 is 1.93 bits per heavy atom. The highest BCUT2D eigenvalue weighted by atomic mass is 32.1. The average molecular weight is 215 g/mol. The molecule has 3 nitrogen and oxygen atoms in total. The van der Waals surface area contributed by atoms with Gasteiger partial charge in [-0.25, -0.2) is 8.78 Å². The molecule has 0 spiro atoms. The Bertz CT molecular complexity index is 359. The fraction of sp³-hybridized carbons (Fsp3) is 0. The second kappa shape index (κ2) is 4.61. The lowest BCUT2D eigenvalue weighted by atomic mass is 10.2. The SMILES string of the molecule is NC(=S)N/N=C\c1cc(F)cc(F)c1. The van der Waals surface area contributed by atoms with E-state index in [-0.39, 0.29) is 10.7 Å². The summed E-state index contributed by atoms with van der Waals surface area (Å²) in [6.07, 6.45) is 1.21. The molecule has 0 unspecified atom stereocenters. The molecule has 1 aromatic rings. The summed E-state index contributed by atoms with van der Waals surface area (Å²) in [6.45, 7) is 0. The van der Waals surface area contributed by atoms with E-state index in [1.165, 1.54) is 6.21 Å². The molecule has 6 heteroatoms. The first-order valence-electron chi connectivity index (χ1n) is 3.62. The zero-order valence-corrected chi connectivity index (χ0v) is 7.81. The molecular weight excluding hydrogens is 208 g/mol. The van der Waals surface area contributed by atoms with Gasteiger partial charge in [0.1, 0.15) is 11.6 Å². The van der Waals surface area contributed by atoms with Crippen LogP contribution >= 0.6 is 12.2 Å². The predicted molar refractivity (Wildman–Crippen MR) is 53.9 cm³/mol. The van der Waals surface area contributed by atoms with E-state index in [1.54, 1.807) is 0 Å². The number of hydrogen-bond acceptors (Lipinski definition) is 2. The predicted octanol–water partition coefficient (Wildman–Crippen LogP) is 1.13. The van der Waals surface area contributed by atoms with Crippen LogP contribution in [0.4, 0.5) is 8.78 Å². The second-order valence-electron chi connectivity index (χ2n) is 2.44. The van der Waals surface area contributed by atoms with Gasteiger partial charge < -0.3 is 5.73 Å². The van der Waals surface area contributed by atoms with Gasteiger partial charge in [0, 0.05) is 11.6 Å². The molecule has 1 aromatic carbocycles. The van der Waals surface area contributed by atoms with Crippen molar-refractivity contribution in [3.05, 3.63) is 35.4 Å². The molecule has 0 fully saturated rings. The quantitative estimate of drug-likeness (QED) is 0.442. The number of benzene rings is 1. The monoisotopic (exact) mass is 215 g/mol. The molecular formula is C8H7F2N3S. The summed E-state index contributed by atoms with van der Waals surface area (Å²) < 4.78 is 25.3. The van der Waals surface area contributed by atoms with Gasteiger partial charge in [-0.2, -0.15) is 5.10 Å². The summed E-state index contributed by atoms with van der Waals surface area (Å²) in [5.41, 5.74) is 7.63. The van der Waals surface area contributed by atoms with E-state index in [9.17, 15) is 8.78 Å². The van der Waals surface area contributed by atoms with Gasteiger partial charge in [0.15, 0.2) is 5.11 Å². The fourth-order valence-corrected chi connectivity index (χ4v) is 0.873. The van der Waals surface area contributed by atoms with Crippen LogP contribution in [0, 0.1) is 11.6 Å². The fourth-order valence-electron chi connectivity index (χ4n) is 0.820. The van der Waals surface area contributed by atoms with Crippen molar-refractivity contribution in [2.24, 2.45) is 10.8 Å². The van der Waals surface area contributed by atoms with Crippen molar-refractivity contribution >= 4 is 23.5 Å². The van der Waals surface area contributed by atoms with Crippen LogP contribution in [0.2, 0.25) is 0 Å². The van der Waals surface area contributed by atoms with Crippen LogP contribution in [0.1, 0.15) is 5.56 Å². The molecule has 74 valence electrons. The van der Waals surface area contributed by atoms with Crippen LogP contribution in [0.15, 0.2) is 23.3 Å². The number of nitrogens with one attached hydrogen (secondary N) is 1. The second-order valence-corrected chi connectivity index (χ2v) is 2.88. The molecule has 14 heavy (non-hydrogen) atoms. The van der Waals surface area contributed by atoms with E-state index in [4.69, 9.17) is 5.73 Å². The summed E-state index contributed by atoms with van der Waals surface area (Å²) in [7, 11) is 0. The third-order valence-corrected chi connectivity index (χ3v) is 1.36. The van der Waals surface area contributed by atoms with E-state index in [2.05, 4.69) is 22.7 Å². The summed E-state index contributed by atoms with van der Waals surface area (Å²) >= 11 is 4.47. The number of hydrogen-bond donors (Lipinski definition) is 2. The van der Waals surface area contributed by atoms with Crippen LogP contribution in [0.3, 0.4) is 0 Å². The van der Waals surface area contributed by atoms with E-state index in [1.807, 2.05) is 0 Å². The van der Waals surface area contributed by atoms with Gasteiger partial charge in [0.25, 0.3) is 0 Å². The van der Waals surface area contributed by atoms with Gasteiger partial charge in [-0.05, 0) is 24.4 Å². The van der Waals surface area contributed by atoms with Gasteiger partial charge in [0.05, 0.1) is 6.21 Å². The highest BCUT2D eigenvalue weighted by Crippen LogP contribution is 2.05. The molecule has 0 atom stereocenters. The van der Waals surface area contributed by atoms with Gasteiger partial charge >= 0.3 is 0 Å². The molecule has 0 radical (unpaired) electrons. The van der Waals surface area contributed by atoms with E-state index >= 15 is 0 Å². The van der Waals surface area contributed by atoms with E-state index < -0.39 is 11.6 Å². The summed E-state index contributed by atoms with van der Waals surface area (Å²) in [4.78, 5) is 0. The zero-order valence-electron chi connectivity index (χ0n) is 7.00. The average Bonchev–Trinajstić information content (AvgIpc) is 2.01. The summed E-state index contributed by atoms with van der Waals surface area (Å²) in [5.74, 6) is -1.33. The van der Waals surface area contributed by atoms with Crippen molar-refractivity contribution in [2.45, 2.75) is 0 Å². The lowest BCUT2D eigenvalue weighted by molar-refractivity contribution is 0.583. The third kappa shape index (κ3) is 3.44. The van der Waals surface area contributed by atoms with Gasteiger partial charge in [-0.3, -0.25) is 5.43 Å². The first-order chi connectivity index (χ1) is 6.58. The normalized spacial score (nSPS) is 10.4. The topological polar surface area (TPSA) is 50.4 Å². The number of halogens is 2. The minimum atomic E-state index is -0.665. The minimum Gasteiger partial charge on any atom is -0.375 e. The van der Waals surface area contributed by atoms with Crippen molar-refractivity contribution in [2.75, 3.05) is 0 Å². The summed E-state index contributed by atoms with van der Waals surface area (Å²) in [5, 5.41) is 3.53. The standard InChI is InChI=1S/C8H7F2N3S/c9-6-1-5(2-7(10)3-6)4-12-13-8(11)14/h1-4H,(H3,11,13,14)/b12-4-. The van der Waals surface area contributed by atoms with Crippen molar-refractivity contribution in [3.63, 3.8) is 0 Å². The molecule has 1 rings (SSSR count). The third-order valence-electron chi connectivity index (χ3n) is 1.27. The number of hydrazone groups is 1. The van der Waals surface area contributed by atoms with Gasteiger partial charge in [-0.1, -0.05) is 0 Å². The Kier molecular flexibility index (Phi) is 3.47. The zero-order chi connectivity index (χ0) is 10.6. The Morgan fingerprint density at radius 1 is 1.36 bits per heavy atom. The molecule has 0 amide bonds. The molecule has 3 N–H and O–H groups in total. The Hall–Kier alpha value is -1.56. The Balaban J connectivity index is 2.76. The molecule has 0 heterocycles. The maximum absolute atomic E-state index is 12.6. The number of thiocarbonyl (C=S) groups is 1. The van der Waals surface area contributed by atoms with E-state index in [0.29, 0.717) is 0 Å². The molecule has 0 aliphatic heterocycles. The van der Waals surface area contributed by atoms with Crippen molar-refractivity contribution in [1.29, 1.82) is 0 Å². The van der Waals surface area contributed by atoms with Crippen LogP contribution < -0.4 is 11.2 Å². The first-order valence-corrected chi connectivity index (χ1v) is 4.03. The molecule has 0 aliphatic rings. The van der Waals surface area contributed by atoms with E-state index in [0.717, 1.165) is 18.2 Å². The molecule has 0 aromatic heterocycles. The van der Waals surface area contributed by atoms with Crippen LogP contribution in [-0.2, 0) is 0 Å². The van der Waals surface area contributed by atoms with Crippen molar-refractivity contribution < 1.29 is 8.78 Å². The highest BCUT2D eigenvalue weighted by molar-refractivity contribution is 7.80. The lowest BCUT2D eigenvalue weighted by Gasteiger charge is -1.96. The number of nitrogens with zero attached hydrogens (tertiary/aromatic N) is 1. The van der Waals surface area contributed by atoms with Crippen molar-refractivity contribution in [1.82, 2.24) is 5.43 Å². The molecule has 0 aliphatic carbocycles. The van der Waals surface area contributed by atoms with Crippen LogP contribution in [-0.4, -0.2) is 11.3 Å². The maximum Gasteiger partial charge on any atom is 0.184 e. The molecule has 0 saturated heterocycles. The van der Waals surface area contributed by atoms with Crippen molar-refractivity contribution in [3.8, 4) is 0 Å². The summed E-state index contributed by atoms with van der Waals surface area (Å²) in [6, 6.07) is 3.04. The number of rotatable bonds is 2. The van der Waals surface area contributed by atoms with Gasteiger partial charge in [0.2, 0.25) is 0 Å². The van der Waals surface area contributed by atoms with Crippen LogP contribution in [0.25, 0.3) is 0 Å². The maximum atomic E-state index is 12.6. The molecule has 0 saturated carbocycles. The Morgan fingerprint density at radius 3 is 2.43 bits per heavy atom. The minimum absolute atomic E-state index is 0.0156. The lowest BCUT2D eigenvalue weighted by Crippen LogP contribution is -2.24. The number of nitrogens with two attached hydrogens (primary N) is 1. The first kappa shape index (κ1) is 10.5. The van der Waals surface area contributed by atoms with Crippen LogP contribution in [0.5, 0.6) is 0 Å². The highest BCUT2D eigenvalue weighted by Gasteiger charge is 1.97. The molecule has 0 bridgehead atoms. The Labute approximate surface area is 84.6 Å².